The molecule has 0 fully saturated rings. The van der Waals surface area contributed by atoms with Crippen molar-refractivity contribution in [1.29, 1.82) is 0 Å². The van der Waals surface area contributed by atoms with Gasteiger partial charge in [0, 0.05) is 18.7 Å². The number of aromatic nitrogens is 1. The van der Waals surface area contributed by atoms with E-state index < -0.39 is 0 Å². The average molecular weight is 303 g/mol. The van der Waals surface area contributed by atoms with E-state index in [1.54, 1.807) is 13.1 Å². The monoisotopic (exact) mass is 303 g/mol. The third-order valence-electron chi connectivity index (χ3n) is 3.77. The van der Waals surface area contributed by atoms with Gasteiger partial charge in [0.05, 0.1) is 17.7 Å². The van der Waals surface area contributed by atoms with Crippen LogP contribution >= 0.6 is 0 Å². The van der Waals surface area contributed by atoms with Crippen LogP contribution in [0.5, 0.6) is 0 Å². The number of carbonyl (C=O) groups excluding carboxylic acids is 1. The van der Waals surface area contributed by atoms with Gasteiger partial charge < -0.3 is 15.2 Å². The topological polar surface area (TPSA) is 72.7 Å². The molecule has 1 aromatic carbocycles. The molecule has 0 amide bonds. The molecule has 3 N–H and O–H groups in total. The first kappa shape index (κ1) is 16.2. The molecule has 0 unspecified atom stereocenters. The molecule has 1 heterocycles. The molecule has 2 aromatic rings. The molecular formula is C17H23N2O3+. The van der Waals surface area contributed by atoms with E-state index in [4.69, 9.17) is 9.84 Å². The van der Waals surface area contributed by atoms with Crippen LogP contribution in [0.3, 0.4) is 0 Å². The summed E-state index contributed by atoms with van der Waals surface area (Å²) in [7, 11) is 0. The van der Waals surface area contributed by atoms with Crippen molar-refractivity contribution in [2.24, 2.45) is 0 Å². The maximum Gasteiger partial charge on any atom is 0.346 e. The molecule has 0 bridgehead atoms. The number of benzene rings is 1. The highest BCUT2D eigenvalue weighted by Gasteiger charge is 2.21. The minimum absolute atomic E-state index is 0.108. The maximum absolute atomic E-state index is 12.2. The fourth-order valence-electron chi connectivity index (χ4n) is 2.42. The quantitative estimate of drug-likeness (QED) is 0.634. The molecule has 22 heavy (non-hydrogen) atoms. The van der Waals surface area contributed by atoms with E-state index in [0.29, 0.717) is 25.1 Å². The Labute approximate surface area is 130 Å². The second-order valence-electron chi connectivity index (χ2n) is 5.23. The number of esters is 1. The number of aliphatic hydroxyl groups is 1. The number of aromatic amines is 1. The van der Waals surface area contributed by atoms with Gasteiger partial charge in [-0.05, 0) is 38.8 Å². The summed E-state index contributed by atoms with van der Waals surface area (Å²) >= 11 is 0. The summed E-state index contributed by atoms with van der Waals surface area (Å²) in [6.45, 7) is 6.93. The Morgan fingerprint density at radius 3 is 2.82 bits per heavy atom. The van der Waals surface area contributed by atoms with Gasteiger partial charge in [-0.3, -0.25) is 0 Å². The minimum atomic E-state index is -0.356. The van der Waals surface area contributed by atoms with Crippen LogP contribution in [0, 0.1) is 13.8 Å². The summed E-state index contributed by atoms with van der Waals surface area (Å²) in [5.74, 6) is -0.356. The number of hydrogen-bond donors (Lipinski definition) is 2. The van der Waals surface area contributed by atoms with Crippen molar-refractivity contribution >= 4 is 22.6 Å². The van der Waals surface area contributed by atoms with Gasteiger partial charge in [0.25, 0.3) is 0 Å². The largest absolute Gasteiger partial charge is 0.462 e. The molecule has 0 aliphatic carbocycles. The first-order valence-electron chi connectivity index (χ1n) is 7.56. The fourth-order valence-corrected chi connectivity index (χ4v) is 2.42. The molecule has 5 nitrogen and oxygen atoms in total. The molecule has 0 aliphatic rings. The summed E-state index contributed by atoms with van der Waals surface area (Å²) in [6.07, 6.45) is 2.31. The lowest BCUT2D eigenvalue weighted by atomic mass is 10.0. The van der Waals surface area contributed by atoms with Gasteiger partial charge in [-0.1, -0.05) is 6.07 Å². The Morgan fingerprint density at radius 1 is 1.36 bits per heavy atom. The zero-order valence-electron chi connectivity index (χ0n) is 13.3. The Balaban J connectivity index is 2.56. The molecule has 0 saturated carbocycles. The summed E-state index contributed by atoms with van der Waals surface area (Å²) in [5.41, 5.74) is 4.57. The van der Waals surface area contributed by atoms with E-state index in [1.165, 1.54) is 5.56 Å². The summed E-state index contributed by atoms with van der Waals surface area (Å²) in [5, 5.41) is 13.2. The van der Waals surface area contributed by atoms with Crippen molar-refractivity contribution in [3.05, 3.63) is 35.0 Å². The second kappa shape index (κ2) is 7.22. The van der Waals surface area contributed by atoms with E-state index in [9.17, 15) is 4.79 Å². The predicted octanol–water partition coefficient (Wildman–Crippen LogP) is 2.24. The molecule has 1 aromatic heterocycles. The van der Waals surface area contributed by atoms with Crippen molar-refractivity contribution in [2.75, 3.05) is 25.1 Å². The van der Waals surface area contributed by atoms with Crippen LogP contribution in [0.2, 0.25) is 0 Å². The normalized spacial score (nSPS) is 10.7. The lowest BCUT2D eigenvalue weighted by Crippen LogP contribution is -2.17. The minimum Gasteiger partial charge on any atom is -0.462 e. The van der Waals surface area contributed by atoms with Crippen LogP contribution in [0.15, 0.2) is 18.3 Å². The molecule has 0 aliphatic heterocycles. The number of H-pyrrole nitrogens is 1. The SMILES string of the molecule is CCOC(=O)c1c[nH+]c2c(C)c(C)ccc2c1NCCCO. The van der Waals surface area contributed by atoms with Crippen molar-refractivity contribution in [3.8, 4) is 0 Å². The zero-order chi connectivity index (χ0) is 16.1. The highest BCUT2D eigenvalue weighted by molar-refractivity contribution is 6.04. The Hall–Kier alpha value is -2.14. The van der Waals surface area contributed by atoms with Crippen LogP contribution in [0.4, 0.5) is 5.69 Å². The van der Waals surface area contributed by atoms with Crippen LogP contribution < -0.4 is 10.3 Å². The zero-order valence-corrected chi connectivity index (χ0v) is 13.3. The Bertz CT molecular complexity index is 683. The number of aliphatic hydroxyl groups excluding tert-OH is 1. The van der Waals surface area contributed by atoms with Crippen molar-refractivity contribution in [1.82, 2.24) is 0 Å². The first-order chi connectivity index (χ1) is 10.6. The van der Waals surface area contributed by atoms with E-state index in [-0.39, 0.29) is 12.6 Å². The van der Waals surface area contributed by atoms with Crippen LogP contribution in [0.25, 0.3) is 10.9 Å². The highest BCUT2D eigenvalue weighted by Crippen LogP contribution is 2.28. The molecule has 5 heteroatoms. The van der Waals surface area contributed by atoms with Crippen LogP contribution in [0.1, 0.15) is 34.8 Å². The number of pyridine rings is 1. The van der Waals surface area contributed by atoms with Crippen LogP contribution in [-0.4, -0.2) is 30.8 Å². The van der Waals surface area contributed by atoms with Crippen molar-refractivity contribution in [2.45, 2.75) is 27.2 Å². The maximum atomic E-state index is 12.2. The summed E-state index contributed by atoms with van der Waals surface area (Å²) < 4.78 is 5.13. The van der Waals surface area contributed by atoms with Crippen LogP contribution in [-0.2, 0) is 4.74 Å². The van der Waals surface area contributed by atoms with Gasteiger partial charge in [0.2, 0.25) is 5.52 Å². The molecule has 0 saturated heterocycles. The number of fused-ring (bicyclic) bond motifs is 1. The number of aryl methyl sites for hydroxylation is 2. The van der Waals surface area contributed by atoms with Gasteiger partial charge in [-0.25, -0.2) is 9.78 Å². The standard InChI is InChI=1S/C17H22N2O3/c1-4-22-17(21)14-10-19-15-12(3)11(2)6-7-13(15)16(14)18-8-5-9-20/h6-7,10,20H,4-5,8-9H2,1-3H3,(H,18,19)/p+1. The molecule has 0 atom stereocenters. The predicted molar refractivity (Wildman–Crippen MR) is 86.1 cm³/mol. The molecule has 2 rings (SSSR count). The van der Waals surface area contributed by atoms with E-state index >= 15 is 0 Å². The van der Waals surface area contributed by atoms with Gasteiger partial charge in [-0.15, -0.1) is 0 Å². The van der Waals surface area contributed by atoms with Crippen molar-refractivity contribution < 1.29 is 19.6 Å². The number of nitrogens with one attached hydrogen (secondary N) is 2. The van der Waals surface area contributed by atoms with Gasteiger partial charge in [0.1, 0.15) is 5.56 Å². The molecular weight excluding hydrogens is 280 g/mol. The highest BCUT2D eigenvalue weighted by atomic mass is 16.5. The smallest absolute Gasteiger partial charge is 0.346 e. The van der Waals surface area contributed by atoms with Crippen molar-refractivity contribution in [3.63, 3.8) is 0 Å². The molecule has 0 radical (unpaired) electrons. The third-order valence-corrected chi connectivity index (χ3v) is 3.77. The van der Waals surface area contributed by atoms with Gasteiger partial charge in [0.15, 0.2) is 6.20 Å². The number of anilines is 1. The second-order valence-corrected chi connectivity index (χ2v) is 5.23. The number of hydrogen-bond acceptors (Lipinski definition) is 4. The van der Waals surface area contributed by atoms with E-state index in [0.717, 1.165) is 22.2 Å². The summed E-state index contributed by atoms with van der Waals surface area (Å²) in [6, 6.07) is 4.04. The first-order valence-corrected chi connectivity index (χ1v) is 7.56. The number of ether oxygens (including phenoxy) is 1. The van der Waals surface area contributed by atoms with Gasteiger partial charge in [-0.2, -0.15) is 0 Å². The molecule has 0 spiro atoms. The number of carbonyl (C=O) groups is 1. The number of rotatable bonds is 6. The lowest BCUT2D eigenvalue weighted by molar-refractivity contribution is -0.345. The Morgan fingerprint density at radius 2 is 2.14 bits per heavy atom. The fraction of sp³-hybridized carbons (Fsp3) is 0.412. The van der Waals surface area contributed by atoms with E-state index in [2.05, 4.69) is 24.1 Å². The van der Waals surface area contributed by atoms with Gasteiger partial charge >= 0.3 is 5.97 Å². The Kier molecular flexibility index (Phi) is 5.33. The van der Waals surface area contributed by atoms with E-state index in [1.807, 2.05) is 12.1 Å². The molecule has 118 valence electrons. The summed E-state index contributed by atoms with van der Waals surface area (Å²) in [4.78, 5) is 15.4. The average Bonchev–Trinajstić information content (AvgIpc) is 2.51. The third kappa shape index (κ3) is 3.20. The lowest BCUT2D eigenvalue weighted by Gasteiger charge is -2.12.